The van der Waals surface area contributed by atoms with Crippen LogP contribution in [0.1, 0.15) is 11.1 Å². The molecule has 4 nitrogen and oxygen atoms in total. The number of hydrogen-bond acceptors (Lipinski definition) is 3. The molecule has 0 saturated carbocycles. The standard InChI is InChI=1S/C13H11FO4S/c14-12-8-6-11(7-9-12)13(15,19(16,17)18)10-4-2-1-3-5-10/h1-9,15H,(H,16,17,18). The molecule has 19 heavy (non-hydrogen) atoms. The molecule has 2 aromatic carbocycles. The van der Waals surface area contributed by atoms with Crippen molar-refractivity contribution in [3.63, 3.8) is 0 Å². The Kier molecular flexibility index (Phi) is 3.40. The summed E-state index contributed by atoms with van der Waals surface area (Å²) >= 11 is 0. The molecule has 0 bridgehead atoms. The normalized spacial score (nSPS) is 14.9. The van der Waals surface area contributed by atoms with E-state index >= 15 is 0 Å². The highest BCUT2D eigenvalue weighted by Crippen LogP contribution is 2.34. The van der Waals surface area contributed by atoms with Crippen LogP contribution in [0.5, 0.6) is 0 Å². The molecule has 0 aromatic heterocycles. The molecule has 1 unspecified atom stereocenters. The first kappa shape index (κ1) is 13.7. The highest BCUT2D eigenvalue weighted by Gasteiger charge is 2.44. The lowest BCUT2D eigenvalue weighted by Crippen LogP contribution is -2.36. The molecule has 2 aromatic rings. The lowest BCUT2D eigenvalue weighted by Gasteiger charge is -2.25. The van der Waals surface area contributed by atoms with Gasteiger partial charge < -0.3 is 5.11 Å². The van der Waals surface area contributed by atoms with Gasteiger partial charge in [-0.3, -0.25) is 4.55 Å². The third-order valence-corrected chi connectivity index (χ3v) is 3.99. The van der Waals surface area contributed by atoms with Crippen molar-refractivity contribution in [3.8, 4) is 0 Å². The molecule has 0 spiro atoms. The van der Waals surface area contributed by atoms with E-state index in [9.17, 15) is 22.5 Å². The summed E-state index contributed by atoms with van der Waals surface area (Å²) in [5.74, 6) is -0.575. The molecule has 0 saturated heterocycles. The molecule has 2 rings (SSSR count). The highest BCUT2D eigenvalue weighted by atomic mass is 32.2. The first-order chi connectivity index (χ1) is 8.85. The topological polar surface area (TPSA) is 74.6 Å². The van der Waals surface area contributed by atoms with Crippen LogP contribution in [-0.4, -0.2) is 18.1 Å². The lowest BCUT2D eigenvalue weighted by atomic mass is 10.0. The Morgan fingerprint density at radius 3 is 1.84 bits per heavy atom. The Morgan fingerprint density at radius 2 is 1.37 bits per heavy atom. The van der Waals surface area contributed by atoms with Crippen molar-refractivity contribution in [1.29, 1.82) is 0 Å². The van der Waals surface area contributed by atoms with Crippen LogP contribution in [0.25, 0.3) is 0 Å². The molecule has 100 valence electrons. The van der Waals surface area contributed by atoms with Gasteiger partial charge in [-0.05, 0) is 12.1 Å². The molecule has 1 atom stereocenters. The molecular formula is C13H11FO4S. The van der Waals surface area contributed by atoms with Gasteiger partial charge in [0.1, 0.15) is 5.82 Å². The Bertz CT molecular complexity index is 668. The van der Waals surface area contributed by atoms with Gasteiger partial charge in [0.05, 0.1) is 0 Å². The molecule has 2 N–H and O–H groups in total. The zero-order chi connectivity index (χ0) is 14.1. The van der Waals surface area contributed by atoms with Gasteiger partial charge in [-0.15, -0.1) is 0 Å². The molecule has 0 radical (unpaired) electrons. The number of halogens is 1. The average molecular weight is 282 g/mol. The van der Waals surface area contributed by atoms with E-state index in [2.05, 4.69) is 0 Å². The van der Waals surface area contributed by atoms with Crippen molar-refractivity contribution in [2.24, 2.45) is 0 Å². The quantitative estimate of drug-likeness (QED) is 0.843. The Hall–Kier alpha value is -1.76. The third-order valence-electron chi connectivity index (χ3n) is 2.77. The summed E-state index contributed by atoms with van der Waals surface area (Å²) in [4.78, 5) is -2.62. The predicted octanol–water partition coefficient (Wildman–Crippen LogP) is 1.91. The maximum absolute atomic E-state index is 12.9. The van der Waals surface area contributed by atoms with E-state index in [1.165, 1.54) is 24.3 Å². The first-order valence-corrected chi connectivity index (χ1v) is 6.80. The summed E-state index contributed by atoms with van der Waals surface area (Å²) in [6.07, 6.45) is 0. The minimum Gasteiger partial charge on any atom is -0.365 e. The van der Waals surface area contributed by atoms with Crippen LogP contribution >= 0.6 is 0 Å². The molecule has 0 heterocycles. The largest absolute Gasteiger partial charge is 0.365 e. The van der Waals surface area contributed by atoms with Gasteiger partial charge in [-0.1, -0.05) is 42.5 Å². The monoisotopic (exact) mass is 282 g/mol. The van der Waals surface area contributed by atoms with Crippen LogP contribution in [0.4, 0.5) is 4.39 Å². The fourth-order valence-electron chi connectivity index (χ4n) is 1.80. The molecule has 0 fully saturated rings. The second kappa shape index (κ2) is 4.73. The van der Waals surface area contributed by atoms with Gasteiger partial charge in [0, 0.05) is 11.1 Å². The van der Waals surface area contributed by atoms with E-state index in [4.69, 9.17) is 0 Å². The van der Waals surface area contributed by atoms with E-state index in [0.717, 1.165) is 24.3 Å². The number of benzene rings is 2. The summed E-state index contributed by atoms with van der Waals surface area (Å²) < 4.78 is 45.3. The van der Waals surface area contributed by atoms with Gasteiger partial charge in [-0.25, -0.2) is 4.39 Å². The van der Waals surface area contributed by atoms with E-state index in [1.54, 1.807) is 6.07 Å². The predicted molar refractivity (Wildman–Crippen MR) is 67.4 cm³/mol. The summed E-state index contributed by atoms with van der Waals surface area (Å²) in [7, 11) is -4.85. The zero-order valence-electron chi connectivity index (χ0n) is 9.69. The summed E-state index contributed by atoms with van der Waals surface area (Å²) in [5, 5.41) is 10.4. The van der Waals surface area contributed by atoms with Crippen LogP contribution in [0.15, 0.2) is 54.6 Å². The van der Waals surface area contributed by atoms with Crippen LogP contribution in [0, 0.1) is 5.82 Å². The van der Waals surface area contributed by atoms with Crippen LogP contribution in [-0.2, 0) is 15.1 Å². The lowest BCUT2D eigenvalue weighted by molar-refractivity contribution is 0.154. The minimum atomic E-state index is -4.85. The molecule has 0 aliphatic carbocycles. The summed E-state index contributed by atoms with van der Waals surface area (Å²) in [6, 6.07) is 11.6. The molecular weight excluding hydrogens is 271 g/mol. The fourth-order valence-corrected chi connectivity index (χ4v) is 2.67. The van der Waals surface area contributed by atoms with Crippen LogP contribution in [0.3, 0.4) is 0 Å². The van der Waals surface area contributed by atoms with E-state index in [0.29, 0.717) is 0 Å². The Labute approximate surface area is 109 Å². The minimum absolute atomic E-state index is 0.0240. The third kappa shape index (κ3) is 2.37. The van der Waals surface area contributed by atoms with Crippen molar-refractivity contribution in [3.05, 3.63) is 71.5 Å². The van der Waals surface area contributed by atoms with Crippen LogP contribution in [0.2, 0.25) is 0 Å². The molecule has 0 amide bonds. The molecule has 0 aliphatic heterocycles. The van der Waals surface area contributed by atoms with Gasteiger partial charge in [-0.2, -0.15) is 8.42 Å². The maximum atomic E-state index is 12.9. The highest BCUT2D eigenvalue weighted by molar-refractivity contribution is 7.86. The summed E-state index contributed by atoms with van der Waals surface area (Å²) in [6.45, 7) is 0. The van der Waals surface area contributed by atoms with Gasteiger partial charge in [0.25, 0.3) is 0 Å². The van der Waals surface area contributed by atoms with Gasteiger partial charge in [0.2, 0.25) is 4.93 Å². The van der Waals surface area contributed by atoms with Crippen molar-refractivity contribution in [2.75, 3.05) is 0 Å². The number of aliphatic hydroxyl groups is 1. The second-order valence-corrected chi connectivity index (χ2v) is 5.53. The molecule has 0 aliphatic rings. The average Bonchev–Trinajstić information content (AvgIpc) is 2.38. The maximum Gasteiger partial charge on any atom is 0.304 e. The smallest absolute Gasteiger partial charge is 0.304 e. The summed E-state index contributed by atoms with van der Waals surface area (Å²) in [5.41, 5.74) is -0.160. The Morgan fingerprint density at radius 1 is 0.895 bits per heavy atom. The number of rotatable bonds is 3. The Balaban J connectivity index is 2.70. The second-order valence-electron chi connectivity index (χ2n) is 3.99. The van der Waals surface area contributed by atoms with E-state index in [-0.39, 0.29) is 11.1 Å². The van der Waals surface area contributed by atoms with Crippen molar-refractivity contribution >= 4 is 10.1 Å². The van der Waals surface area contributed by atoms with Crippen molar-refractivity contribution in [1.82, 2.24) is 0 Å². The van der Waals surface area contributed by atoms with E-state index < -0.39 is 20.9 Å². The number of hydrogen-bond donors (Lipinski definition) is 2. The molecule has 6 heteroatoms. The SMILES string of the molecule is O=S(=O)(O)C(O)(c1ccccc1)c1ccc(F)cc1. The fraction of sp³-hybridized carbons (Fsp3) is 0.0769. The van der Waals surface area contributed by atoms with Gasteiger partial charge >= 0.3 is 10.1 Å². The van der Waals surface area contributed by atoms with Crippen molar-refractivity contribution < 1.29 is 22.5 Å². The van der Waals surface area contributed by atoms with Gasteiger partial charge in [0.15, 0.2) is 0 Å². The van der Waals surface area contributed by atoms with E-state index in [1.807, 2.05) is 0 Å². The zero-order valence-corrected chi connectivity index (χ0v) is 10.5. The van der Waals surface area contributed by atoms with Crippen LogP contribution < -0.4 is 0 Å². The first-order valence-electron chi connectivity index (χ1n) is 5.36. The van der Waals surface area contributed by atoms with Crippen molar-refractivity contribution in [2.45, 2.75) is 4.93 Å².